The summed E-state index contributed by atoms with van der Waals surface area (Å²) in [5.74, 6) is -1.09. The molecule has 0 saturated heterocycles. The zero-order chi connectivity index (χ0) is 30.7. The number of methoxy groups -OCH3 is 1. The van der Waals surface area contributed by atoms with Gasteiger partial charge in [0, 0.05) is 24.3 Å². The molecular formula is C35H41N3O5. The predicted molar refractivity (Wildman–Crippen MR) is 166 cm³/mol. The molecule has 0 radical (unpaired) electrons. The monoisotopic (exact) mass is 583 g/mol. The van der Waals surface area contributed by atoms with Crippen LogP contribution in [-0.2, 0) is 27.4 Å². The Balaban J connectivity index is 1.56. The lowest BCUT2D eigenvalue weighted by Gasteiger charge is -2.50. The van der Waals surface area contributed by atoms with Gasteiger partial charge >= 0.3 is 5.97 Å². The number of benzene rings is 3. The summed E-state index contributed by atoms with van der Waals surface area (Å²) in [5.41, 5.74) is 10.9. The number of amides is 2. The summed E-state index contributed by atoms with van der Waals surface area (Å²) in [4.78, 5) is 41.8. The van der Waals surface area contributed by atoms with Crippen molar-refractivity contribution in [3.8, 4) is 11.1 Å². The van der Waals surface area contributed by atoms with Gasteiger partial charge in [-0.15, -0.1) is 0 Å². The Morgan fingerprint density at radius 2 is 1.65 bits per heavy atom. The van der Waals surface area contributed by atoms with Gasteiger partial charge in [0.1, 0.15) is 6.04 Å². The molecule has 4 N–H and O–H groups in total. The van der Waals surface area contributed by atoms with E-state index < -0.39 is 17.6 Å². The topological polar surface area (TPSA) is 122 Å². The molecule has 3 aromatic rings. The third kappa shape index (κ3) is 6.36. The second-order valence-electron chi connectivity index (χ2n) is 12.4. The summed E-state index contributed by atoms with van der Waals surface area (Å²) in [6.07, 6.45) is 3.94. The highest BCUT2D eigenvalue weighted by atomic mass is 16.5. The molecule has 2 aliphatic rings. The minimum atomic E-state index is -1.04. The minimum absolute atomic E-state index is 0.00168. The number of hydrogen-bond donors (Lipinski definition) is 3. The van der Waals surface area contributed by atoms with Crippen LogP contribution in [-0.4, -0.2) is 47.0 Å². The number of ether oxygens (including phenoxy) is 1. The average Bonchev–Trinajstić information content (AvgIpc) is 3.00. The van der Waals surface area contributed by atoms with Crippen LogP contribution in [0, 0.1) is 11.8 Å². The first kappa shape index (κ1) is 30.4. The summed E-state index contributed by atoms with van der Waals surface area (Å²) in [6.45, 7) is 5.24. The number of carboxylic acid groups (broad SMARTS) is 1. The highest BCUT2D eigenvalue weighted by molar-refractivity contribution is 6.00. The molecule has 1 heterocycles. The Morgan fingerprint density at radius 1 is 0.977 bits per heavy atom. The molecule has 8 heteroatoms. The Morgan fingerprint density at radius 3 is 2.26 bits per heavy atom. The van der Waals surface area contributed by atoms with E-state index in [0.717, 1.165) is 53.5 Å². The molecule has 1 fully saturated rings. The Hall–Kier alpha value is -4.01. The maximum absolute atomic E-state index is 14.4. The third-order valence-corrected chi connectivity index (χ3v) is 9.02. The van der Waals surface area contributed by atoms with Crippen molar-refractivity contribution in [3.63, 3.8) is 0 Å². The molecule has 0 aromatic heterocycles. The number of nitrogens with two attached hydrogens (primary N) is 1. The molecule has 43 heavy (non-hydrogen) atoms. The Bertz CT molecular complexity index is 1470. The number of carboxylic acids is 1. The van der Waals surface area contributed by atoms with E-state index in [1.54, 1.807) is 19.2 Å². The third-order valence-electron chi connectivity index (χ3n) is 9.02. The van der Waals surface area contributed by atoms with Crippen LogP contribution in [0.5, 0.6) is 0 Å². The van der Waals surface area contributed by atoms with Crippen LogP contribution in [0.15, 0.2) is 66.7 Å². The van der Waals surface area contributed by atoms with Crippen molar-refractivity contribution >= 4 is 23.5 Å². The normalized spacial score (nSPS) is 21.1. The van der Waals surface area contributed by atoms with Gasteiger partial charge in [-0.1, -0.05) is 42.5 Å². The zero-order valence-electron chi connectivity index (χ0n) is 25.1. The van der Waals surface area contributed by atoms with Crippen LogP contribution < -0.4 is 11.1 Å². The maximum atomic E-state index is 14.4. The lowest BCUT2D eigenvalue weighted by molar-refractivity contribution is -0.151. The van der Waals surface area contributed by atoms with Gasteiger partial charge in [-0.2, -0.15) is 0 Å². The van der Waals surface area contributed by atoms with Crippen molar-refractivity contribution in [2.75, 3.05) is 19.0 Å². The number of nitrogens with zero attached hydrogens (tertiary/aromatic N) is 1. The van der Waals surface area contributed by atoms with Gasteiger partial charge < -0.3 is 25.8 Å². The summed E-state index contributed by atoms with van der Waals surface area (Å²) >= 11 is 0. The Labute approximate surface area is 253 Å². The van der Waals surface area contributed by atoms with Crippen molar-refractivity contribution in [3.05, 3.63) is 89.0 Å². The molecule has 1 unspecified atom stereocenters. The number of fused-ring (bicyclic) bond motifs is 1. The number of aromatic carboxylic acids is 1. The summed E-state index contributed by atoms with van der Waals surface area (Å²) < 4.78 is 5.28. The molecule has 0 bridgehead atoms. The smallest absolute Gasteiger partial charge is 0.335 e. The summed E-state index contributed by atoms with van der Waals surface area (Å²) in [7, 11) is 1.67. The molecule has 226 valence electrons. The standard InChI is InChI=1S/C35H41N3O5/c1-35(2)19-30-28(24-11-9-23(10-12-24)21-43-3)5-4-6-29(30)31(32(39)37-27-17-15-26(16-18-27)34(41)42)38(35)33(40)25-13-7-22(20-36)8-14-25/h4-6,9-12,15-18,22,25,31H,7-8,13-14,19-21,36H2,1-3H3,(H,37,39)(H,41,42)/t22-,25-,31?. The van der Waals surface area contributed by atoms with E-state index in [1.807, 2.05) is 43.0 Å². The van der Waals surface area contributed by atoms with Crippen molar-refractivity contribution in [2.24, 2.45) is 17.6 Å². The van der Waals surface area contributed by atoms with Gasteiger partial charge in [0.05, 0.1) is 12.2 Å². The van der Waals surface area contributed by atoms with Crippen LogP contribution in [0.3, 0.4) is 0 Å². The second kappa shape index (κ2) is 12.7. The largest absolute Gasteiger partial charge is 0.478 e. The molecular weight excluding hydrogens is 542 g/mol. The maximum Gasteiger partial charge on any atom is 0.335 e. The van der Waals surface area contributed by atoms with Gasteiger partial charge in [0.25, 0.3) is 5.91 Å². The average molecular weight is 584 g/mol. The number of carbonyl (C=O) groups is 3. The fourth-order valence-electron chi connectivity index (χ4n) is 6.71. The molecule has 3 aromatic carbocycles. The van der Waals surface area contributed by atoms with Gasteiger partial charge in [0.15, 0.2) is 0 Å². The molecule has 8 nitrogen and oxygen atoms in total. The number of rotatable bonds is 8. The number of hydrogen-bond acceptors (Lipinski definition) is 5. The number of anilines is 1. The molecule has 5 rings (SSSR count). The number of carbonyl (C=O) groups excluding carboxylic acids is 2. The molecule has 1 aliphatic heterocycles. The zero-order valence-corrected chi connectivity index (χ0v) is 25.1. The molecule has 1 saturated carbocycles. The fourth-order valence-corrected chi connectivity index (χ4v) is 6.71. The fraction of sp³-hybridized carbons (Fsp3) is 0.400. The molecule has 1 aliphatic carbocycles. The van der Waals surface area contributed by atoms with Crippen LogP contribution in [0.2, 0.25) is 0 Å². The lowest BCUT2D eigenvalue weighted by atomic mass is 9.75. The first-order valence-corrected chi connectivity index (χ1v) is 15.0. The summed E-state index contributed by atoms with van der Waals surface area (Å²) in [5, 5.41) is 12.3. The lowest BCUT2D eigenvalue weighted by Crippen LogP contribution is -2.58. The van der Waals surface area contributed by atoms with E-state index >= 15 is 0 Å². The van der Waals surface area contributed by atoms with E-state index in [9.17, 15) is 19.5 Å². The van der Waals surface area contributed by atoms with Gasteiger partial charge in [0.2, 0.25) is 5.91 Å². The SMILES string of the molecule is COCc1ccc(-c2cccc3c2CC(C)(C)N(C(=O)[C@H]2CC[C@H](CN)CC2)C3C(=O)Nc2ccc(C(=O)O)cc2)cc1. The van der Waals surface area contributed by atoms with Gasteiger partial charge in [-0.25, -0.2) is 4.79 Å². The van der Waals surface area contributed by atoms with E-state index in [4.69, 9.17) is 10.5 Å². The van der Waals surface area contributed by atoms with Crippen LogP contribution in [0.4, 0.5) is 5.69 Å². The molecule has 1 atom stereocenters. The van der Waals surface area contributed by atoms with Gasteiger partial charge in [-0.05, 0) is 110 Å². The minimum Gasteiger partial charge on any atom is -0.478 e. The Kier molecular flexibility index (Phi) is 8.99. The van der Waals surface area contributed by atoms with Crippen LogP contribution >= 0.6 is 0 Å². The highest BCUT2D eigenvalue weighted by Crippen LogP contribution is 2.45. The van der Waals surface area contributed by atoms with E-state index in [2.05, 4.69) is 23.5 Å². The highest BCUT2D eigenvalue weighted by Gasteiger charge is 2.48. The quantitative estimate of drug-likeness (QED) is 0.308. The van der Waals surface area contributed by atoms with Crippen molar-refractivity contribution in [2.45, 2.75) is 64.1 Å². The molecule has 0 spiro atoms. The second-order valence-corrected chi connectivity index (χ2v) is 12.4. The predicted octanol–water partition coefficient (Wildman–Crippen LogP) is 5.81. The van der Waals surface area contributed by atoms with Crippen molar-refractivity contribution in [1.29, 1.82) is 0 Å². The molecule has 2 amide bonds. The van der Waals surface area contributed by atoms with Crippen molar-refractivity contribution in [1.82, 2.24) is 4.90 Å². The van der Waals surface area contributed by atoms with E-state index in [-0.39, 0.29) is 23.3 Å². The van der Waals surface area contributed by atoms with Crippen molar-refractivity contribution < 1.29 is 24.2 Å². The van der Waals surface area contributed by atoms with Crippen LogP contribution in [0.1, 0.15) is 72.6 Å². The van der Waals surface area contributed by atoms with E-state index in [1.165, 1.54) is 12.1 Å². The first-order valence-electron chi connectivity index (χ1n) is 15.0. The summed E-state index contributed by atoms with van der Waals surface area (Å²) in [6, 6.07) is 19.4. The van der Waals surface area contributed by atoms with Gasteiger partial charge in [-0.3, -0.25) is 9.59 Å². The first-order chi connectivity index (χ1) is 20.6. The number of nitrogens with one attached hydrogen (secondary N) is 1. The van der Waals surface area contributed by atoms with E-state index in [0.29, 0.717) is 31.2 Å². The van der Waals surface area contributed by atoms with Crippen LogP contribution in [0.25, 0.3) is 11.1 Å².